The van der Waals surface area contributed by atoms with Crippen molar-refractivity contribution in [3.63, 3.8) is 0 Å². The van der Waals surface area contributed by atoms with Gasteiger partial charge in [-0.2, -0.15) is 0 Å². The van der Waals surface area contributed by atoms with Gasteiger partial charge in [0.2, 0.25) is 0 Å². The molecule has 98 valence electrons. The van der Waals surface area contributed by atoms with Crippen molar-refractivity contribution in [3.05, 3.63) is 0 Å². The maximum absolute atomic E-state index is 3.65. The minimum absolute atomic E-state index is 0.609. The number of hydrogen-bond donors (Lipinski definition) is 1. The summed E-state index contributed by atoms with van der Waals surface area (Å²) in [7, 11) is 0. The number of hydrogen-bond acceptors (Lipinski definition) is 2. The van der Waals surface area contributed by atoms with Gasteiger partial charge in [0.1, 0.15) is 0 Å². The maximum Gasteiger partial charge on any atom is 0.00988 e. The van der Waals surface area contributed by atoms with Gasteiger partial charge in [0.05, 0.1) is 0 Å². The van der Waals surface area contributed by atoms with E-state index in [0.29, 0.717) is 5.41 Å². The van der Waals surface area contributed by atoms with Gasteiger partial charge in [-0.25, -0.2) is 0 Å². The lowest BCUT2D eigenvalue weighted by Crippen LogP contribution is -2.49. The van der Waals surface area contributed by atoms with Crippen LogP contribution in [-0.2, 0) is 0 Å². The van der Waals surface area contributed by atoms with Crippen LogP contribution in [0.25, 0.3) is 0 Å². The normalized spacial score (nSPS) is 42.2. The Morgan fingerprint density at radius 3 is 2.88 bits per heavy atom. The molecule has 2 heterocycles. The van der Waals surface area contributed by atoms with Crippen molar-refractivity contribution in [2.45, 2.75) is 57.9 Å². The van der Waals surface area contributed by atoms with E-state index in [4.69, 9.17) is 0 Å². The Morgan fingerprint density at radius 1 is 1.35 bits per heavy atom. The molecule has 0 aromatic rings. The number of nitrogens with zero attached hydrogens (tertiary/aromatic N) is 1. The van der Waals surface area contributed by atoms with Gasteiger partial charge in [-0.3, -0.25) is 4.90 Å². The summed E-state index contributed by atoms with van der Waals surface area (Å²) in [5.74, 6) is 1.05. The lowest BCUT2D eigenvalue weighted by atomic mass is 9.76. The summed E-state index contributed by atoms with van der Waals surface area (Å²) in [6.45, 7) is 7.67. The quantitative estimate of drug-likeness (QED) is 0.807. The smallest absolute Gasteiger partial charge is 0.00988 e. The Bertz CT molecular complexity index is 252. The predicted octanol–water partition coefficient (Wildman–Crippen LogP) is 2.64. The Morgan fingerprint density at radius 2 is 2.29 bits per heavy atom. The zero-order chi connectivity index (χ0) is 11.7. The average molecular weight is 236 g/mol. The molecule has 1 N–H and O–H groups in total. The molecule has 2 bridgehead atoms. The van der Waals surface area contributed by atoms with Crippen LogP contribution in [0.1, 0.15) is 51.9 Å². The molecule has 1 aliphatic carbocycles. The monoisotopic (exact) mass is 236 g/mol. The Balaban J connectivity index is 1.63. The summed E-state index contributed by atoms with van der Waals surface area (Å²) in [6.07, 6.45) is 10.1. The highest BCUT2D eigenvalue weighted by atomic mass is 15.2. The van der Waals surface area contributed by atoms with Crippen molar-refractivity contribution < 1.29 is 0 Å². The van der Waals surface area contributed by atoms with Crippen molar-refractivity contribution >= 4 is 0 Å². The van der Waals surface area contributed by atoms with Crippen LogP contribution in [0.3, 0.4) is 0 Å². The van der Waals surface area contributed by atoms with Gasteiger partial charge in [0, 0.05) is 25.7 Å². The van der Waals surface area contributed by atoms with Gasteiger partial charge in [-0.05, 0) is 56.4 Å². The highest BCUT2D eigenvalue weighted by molar-refractivity contribution is 4.96. The molecule has 1 saturated carbocycles. The van der Waals surface area contributed by atoms with E-state index in [1.807, 2.05) is 0 Å². The number of rotatable bonds is 4. The zero-order valence-corrected chi connectivity index (χ0v) is 11.4. The van der Waals surface area contributed by atoms with E-state index in [9.17, 15) is 0 Å². The standard InChI is InChI=1S/C15H28N2/c1-2-6-15(7-3-8-16-11-15)12-17-10-13-4-5-14(17)9-13/h13-14,16H,2-12H2,1H3. The summed E-state index contributed by atoms with van der Waals surface area (Å²) in [6, 6.07) is 0.954. The van der Waals surface area contributed by atoms with Crippen LogP contribution in [0, 0.1) is 11.3 Å². The molecule has 2 nitrogen and oxygen atoms in total. The minimum atomic E-state index is 0.609. The van der Waals surface area contributed by atoms with Gasteiger partial charge in [0.25, 0.3) is 0 Å². The van der Waals surface area contributed by atoms with Gasteiger partial charge in [-0.15, -0.1) is 0 Å². The first kappa shape index (κ1) is 12.0. The summed E-state index contributed by atoms with van der Waals surface area (Å²) < 4.78 is 0. The Labute approximate surface area is 106 Å². The molecule has 3 rings (SSSR count). The van der Waals surface area contributed by atoms with Gasteiger partial charge >= 0.3 is 0 Å². The van der Waals surface area contributed by atoms with E-state index >= 15 is 0 Å². The molecule has 0 amide bonds. The van der Waals surface area contributed by atoms with Crippen molar-refractivity contribution in [2.75, 3.05) is 26.2 Å². The van der Waals surface area contributed by atoms with Crippen molar-refractivity contribution in [1.82, 2.24) is 10.2 Å². The molecule has 0 aromatic heterocycles. The lowest BCUT2D eigenvalue weighted by Gasteiger charge is -2.43. The largest absolute Gasteiger partial charge is 0.316 e. The molecule has 0 radical (unpaired) electrons. The molecule has 3 atom stereocenters. The lowest BCUT2D eigenvalue weighted by molar-refractivity contribution is 0.0857. The van der Waals surface area contributed by atoms with E-state index in [2.05, 4.69) is 17.1 Å². The molecule has 3 aliphatic rings. The van der Waals surface area contributed by atoms with Crippen LogP contribution in [-0.4, -0.2) is 37.1 Å². The van der Waals surface area contributed by atoms with Crippen LogP contribution < -0.4 is 5.32 Å². The van der Waals surface area contributed by atoms with E-state index in [1.54, 1.807) is 0 Å². The number of nitrogens with one attached hydrogen (secondary N) is 1. The molecule has 0 spiro atoms. The summed E-state index contributed by atoms with van der Waals surface area (Å²) in [4.78, 5) is 2.84. The first-order valence-corrected chi connectivity index (χ1v) is 7.76. The Hall–Kier alpha value is -0.0800. The van der Waals surface area contributed by atoms with Gasteiger partial charge < -0.3 is 5.32 Å². The second-order valence-electron chi connectivity index (χ2n) is 6.79. The van der Waals surface area contributed by atoms with Gasteiger partial charge in [0.15, 0.2) is 0 Å². The molecule has 2 aliphatic heterocycles. The van der Waals surface area contributed by atoms with Crippen LogP contribution in [0.5, 0.6) is 0 Å². The molecule has 2 saturated heterocycles. The fourth-order valence-corrected chi connectivity index (χ4v) is 4.64. The molecular formula is C15H28N2. The summed E-state index contributed by atoms with van der Waals surface area (Å²) in [5, 5.41) is 3.65. The van der Waals surface area contributed by atoms with Gasteiger partial charge in [-0.1, -0.05) is 13.3 Å². The van der Waals surface area contributed by atoms with E-state index in [1.165, 1.54) is 71.1 Å². The second kappa shape index (κ2) is 4.89. The molecular weight excluding hydrogens is 208 g/mol. The predicted molar refractivity (Wildman–Crippen MR) is 72.1 cm³/mol. The van der Waals surface area contributed by atoms with Crippen molar-refractivity contribution in [2.24, 2.45) is 11.3 Å². The maximum atomic E-state index is 3.65. The molecule has 3 fully saturated rings. The SMILES string of the molecule is CCCC1(CN2CC3CCC2C3)CCCNC1. The van der Waals surface area contributed by atoms with Crippen LogP contribution >= 0.6 is 0 Å². The first-order chi connectivity index (χ1) is 8.31. The van der Waals surface area contributed by atoms with E-state index in [-0.39, 0.29) is 0 Å². The molecule has 2 heteroatoms. The third-order valence-corrected chi connectivity index (χ3v) is 5.40. The van der Waals surface area contributed by atoms with Crippen LogP contribution in [0.4, 0.5) is 0 Å². The number of likely N-dealkylation sites (tertiary alicyclic amines) is 1. The number of fused-ring (bicyclic) bond motifs is 2. The number of piperidine rings is 2. The van der Waals surface area contributed by atoms with E-state index in [0.717, 1.165) is 12.0 Å². The first-order valence-electron chi connectivity index (χ1n) is 7.76. The van der Waals surface area contributed by atoms with E-state index < -0.39 is 0 Å². The zero-order valence-electron chi connectivity index (χ0n) is 11.4. The third kappa shape index (κ3) is 2.39. The highest BCUT2D eigenvalue weighted by Gasteiger charge is 2.42. The Kier molecular flexibility index (Phi) is 3.45. The fraction of sp³-hybridized carbons (Fsp3) is 1.00. The molecule has 0 aromatic carbocycles. The van der Waals surface area contributed by atoms with Crippen molar-refractivity contribution in [1.29, 1.82) is 0 Å². The average Bonchev–Trinajstić information content (AvgIpc) is 2.92. The molecule has 3 unspecified atom stereocenters. The minimum Gasteiger partial charge on any atom is -0.316 e. The second-order valence-corrected chi connectivity index (χ2v) is 6.79. The fourth-order valence-electron chi connectivity index (χ4n) is 4.64. The highest BCUT2D eigenvalue weighted by Crippen LogP contribution is 2.41. The van der Waals surface area contributed by atoms with Crippen molar-refractivity contribution in [3.8, 4) is 0 Å². The third-order valence-electron chi connectivity index (χ3n) is 5.40. The van der Waals surface area contributed by atoms with Crippen LogP contribution in [0.2, 0.25) is 0 Å². The molecule has 17 heavy (non-hydrogen) atoms. The summed E-state index contributed by atoms with van der Waals surface area (Å²) >= 11 is 0. The van der Waals surface area contributed by atoms with Crippen LogP contribution in [0.15, 0.2) is 0 Å². The summed E-state index contributed by atoms with van der Waals surface area (Å²) in [5.41, 5.74) is 0.609. The topological polar surface area (TPSA) is 15.3 Å².